The highest BCUT2D eigenvalue weighted by Crippen LogP contribution is 2.26. The number of amides is 2. The van der Waals surface area contributed by atoms with E-state index in [1.165, 1.54) is 0 Å². The van der Waals surface area contributed by atoms with Crippen LogP contribution in [-0.2, 0) is 11.2 Å². The summed E-state index contributed by atoms with van der Waals surface area (Å²) in [4.78, 5) is 28.3. The molecule has 1 aliphatic rings. The number of rotatable bonds is 4. The summed E-state index contributed by atoms with van der Waals surface area (Å²) in [7, 11) is 0. The highest BCUT2D eigenvalue weighted by Gasteiger charge is 2.33. The van der Waals surface area contributed by atoms with Gasteiger partial charge in [-0.05, 0) is 12.0 Å². The quantitative estimate of drug-likeness (QED) is 0.857. The third-order valence-electron chi connectivity index (χ3n) is 4.53. The first-order valence-corrected chi connectivity index (χ1v) is 8.67. The Bertz CT molecular complexity index is 741. The Morgan fingerprint density at radius 3 is 2.68 bits per heavy atom. The first-order chi connectivity index (χ1) is 12.1. The molecule has 0 aliphatic carbocycles. The lowest BCUT2D eigenvalue weighted by atomic mass is 10.0. The molecule has 6 nitrogen and oxygen atoms in total. The van der Waals surface area contributed by atoms with Crippen LogP contribution in [0.2, 0.25) is 0 Å². The fourth-order valence-electron chi connectivity index (χ4n) is 3.24. The van der Waals surface area contributed by atoms with E-state index in [9.17, 15) is 9.59 Å². The van der Waals surface area contributed by atoms with Gasteiger partial charge in [-0.2, -0.15) is 0 Å². The average molecular weight is 341 g/mol. The highest BCUT2D eigenvalue weighted by atomic mass is 16.5. The summed E-state index contributed by atoms with van der Waals surface area (Å²) in [6, 6.07) is 11.4. The number of aryl methyl sites for hydroxylation is 1. The number of hydrogen-bond donors (Lipinski definition) is 0. The minimum atomic E-state index is -0.143. The van der Waals surface area contributed by atoms with Gasteiger partial charge < -0.3 is 14.3 Å². The van der Waals surface area contributed by atoms with E-state index in [4.69, 9.17) is 4.52 Å². The van der Waals surface area contributed by atoms with Crippen LogP contribution in [0.15, 0.2) is 40.9 Å². The van der Waals surface area contributed by atoms with Crippen molar-refractivity contribution < 1.29 is 14.1 Å². The second kappa shape index (κ2) is 7.51. The lowest BCUT2D eigenvalue weighted by Gasteiger charge is -2.41. The molecule has 0 N–H and O–H groups in total. The van der Waals surface area contributed by atoms with Gasteiger partial charge in [0.15, 0.2) is 5.69 Å². The largest absolute Gasteiger partial charge is 0.361 e. The fourth-order valence-corrected chi connectivity index (χ4v) is 3.24. The Balaban J connectivity index is 1.79. The van der Waals surface area contributed by atoms with E-state index in [1.54, 1.807) is 17.9 Å². The first-order valence-electron chi connectivity index (χ1n) is 8.67. The van der Waals surface area contributed by atoms with Crippen LogP contribution in [0.3, 0.4) is 0 Å². The van der Waals surface area contributed by atoms with Gasteiger partial charge in [0, 0.05) is 39.0 Å². The summed E-state index contributed by atoms with van der Waals surface area (Å²) >= 11 is 0. The van der Waals surface area contributed by atoms with E-state index in [2.05, 4.69) is 12.1 Å². The van der Waals surface area contributed by atoms with Crippen LogP contribution in [0.5, 0.6) is 0 Å². The molecule has 3 rings (SSSR count). The van der Waals surface area contributed by atoms with Crippen molar-refractivity contribution >= 4 is 11.8 Å². The van der Waals surface area contributed by atoms with E-state index in [1.807, 2.05) is 35.2 Å². The van der Waals surface area contributed by atoms with E-state index in [-0.39, 0.29) is 17.9 Å². The molecule has 6 heteroatoms. The average Bonchev–Trinajstić information content (AvgIpc) is 3.10. The molecule has 2 aromatic rings. The number of carbonyl (C=O) groups excluding carboxylic acids is 2. The van der Waals surface area contributed by atoms with Crippen molar-refractivity contribution in [3.8, 4) is 0 Å². The maximum absolute atomic E-state index is 12.8. The minimum absolute atomic E-state index is 0.0209. The van der Waals surface area contributed by atoms with Crippen LogP contribution < -0.4 is 0 Å². The topological polar surface area (TPSA) is 66.7 Å². The fraction of sp³-hybridized carbons (Fsp3) is 0.421. The molecule has 132 valence electrons. The molecule has 0 spiro atoms. The lowest BCUT2D eigenvalue weighted by molar-refractivity contribution is -0.133. The third kappa shape index (κ3) is 3.73. The zero-order valence-electron chi connectivity index (χ0n) is 14.6. The van der Waals surface area contributed by atoms with Gasteiger partial charge in [-0.15, -0.1) is 0 Å². The van der Waals surface area contributed by atoms with E-state index in [0.717, 1.165) is 24.2 Å². The summed E-state index contributed by atoms with van der Waals surface area (Å²) in [5.74, 6) is 0.607. The zero-order valence-corrected chi connectivity index (χ0v) is 14.6. The molecule has 25 heavy (non-hydrogen) atoms. The minimum Gasteiger partial charge on any atom is -0.361 e. The summed E-state index contributed by atoms with van der Waals surface area (Å²) < 4.78 is 5.23. The van der Waals surface area contributed by atoms with Gasteiger partial charge in [-0.1, -0.05) is 42.4 Å². The Labute approximate surface area is 147 Å². The van der Waals surface area contributed by atoms with Gasteiger partial charge in [0.2, 0.25) is 5.91 Å². The maximum Gasteiger partial charge on any atom is 0.276 e. The molecule has 1 saturated heterocycles. The second-order valence-corrected chi connectivity index (χ2v) is 6.32. The summed E-state index contributed by atoms with van der Waals surface area (Å²) in [5.41, 5.74) is 1.37. The number of benzene rings is 1. The van der Waals surface area contributed by atoms with Crippen molar-refractivity contribution in [3.05, 3.63) is 53.4 Å². The first kappa shape index (κ1) is 17.2. The van der Waals surface area contributed by atoms with Gasteiger partial charge in [0.1, 0.15) is 5.76 Å². The number of carbonyl (C=O) groups is 2. The van der Waals surface area contributed by atoms with Crippen molar-refractivity contribution in [1.29, 1.82) is 0 Å². The Morgan fingerprint density at radius 1 is 1.24 bits per heavy atom. The number of aromatic nitrogens is 1. The normalized spacial score (nSPS) is 17.6. The van der Waals surface area contributed by atoms with Gasteiger partial charge in [0.25, 0.3) is 5.91 Å². The monoisotopic (exact) mass is 341 g/mol. The van der Waals surface area contributed by atoms with Crippen LogP contribution in [0.25, 0.3) is 0 Å². The Morgan fingerprint density at radius 2 is 2.00 bits per heavy atom. The third-order valence-corrected chi connectivity index (χ3v) is 4.53. The number of hydrogen-bond acceptors (Lipinski definition) is 4. The van der Waals surface area contributed by atoms with Crippen molar-refractivity contribution in [1.82, 2.24) is 15.0 Å². The van der Waals surface area contributed by atoms with Gasteiger partial charge in [-0.25, -0.2) is 0 Å². The standard InChI is InChI=1S/C19H23N3O3/c1-3-7-16-12-17(20-25-16)19(24)21-10-11-22(14(2)23)18(13-21)15-8-5-4-6-9-15/h4-6,8-9,12,18H,3,7,10-11,13H2,1-2H3/t18-/m0/s1. The highest BCUT2D eigenvalue weighted by molar-refractivity contribution is 5.92. The molecule has 1 aromatic heterocycles. The molecule has 0 saturated carbocycles. The van der Waals surface area contributed by atoms with Crippen molar-refractivity contribution in [3.63, 3.8) is 0 Å². The maximum atomic E-state index is 12.8. The molecule has 1 aromatic carbocycles. The number of piperazine rings is 1. The molecular weight excluding hydrogens is 318 g/mol. The molecule has 2 amide bonds. The molecule has 0 unspecified atom stereocenters. The predicted molar refractivity (Wildman–Crippen MR) is 93.0 cm³/mol. The number of nitrogens with zero attached hydrogens (tertiary/aromatic N) is 3. The smallest absolute Gasteiger partial charge is 0.276 e. The van der Waals surface area contributed by atoms with Gasteiger partial charge in [0.05, 0.1) is 6.04 Å². The molecule has 0 radical (unpaired) electrons. The molecule has 1 fully saturated rings. The zero-order chi connectivity index (χ0) is 17.8. The van der Waals surface area contributed by atoms with Crippen molar-refractivity contribution in [2.24, 2.45) is 0 Å². The SMILES string of the molecule is CCCc1cc(C(=O)N2CCN(C(C)=O)[C@H](c3ccccc3)C2)no1. The van der Waals surface area contributed by atoms with Crippen LogP contribution in [0.4, 0.5) is 0 Å². The molecule has 0 bridgehead atoms. The molecule has 2 heterocycles. The lowest BCUT2D eigenvalue weighted by Crippen LogP contribution is -2.51. The van der Waals surface area contributed by atoms with Crippen LogP contribution >= 0.6 is 0 Å². The molecule has 1 aliphatic heterocycles. The second-order valence-electron chi connectivity index (χ2n) is 6.32. The van der Waals surface area contributed by atoms with Crippen molar-refractivity contribution in [2.75, 3.05) is 19.6 Å². The van der Waals surface area contributed by atoms with Crippen LogP contribution in [0, 0.1) is 0 Å². The Hall–Kier alpha value is -2.63. The predicted octanol–water partition coefficient (Wildman–Crippen LogP) is 2.67. The van der Waals surface area contributed by atoms with Crippen LogP contribution in [0.1, 0.15) is 48.1 Å². The van der Waals surface area contributed by atoms with Crippen LogP contribution in [-0.4, -0.2) is 46.4 Å². The molecule has 1 atom stereocenters. The van der Waals surface area contributed by atoms with Gasteiger partial charge in [-0.3, -0.25) is 9.59 Å². The molecular formula is C19H23N3O3. The van der Waals surface area contributed by atoms with Crippen molar-refractivity contribution in [2.45, 2.75) is 32.7 Å². The summed E-state index contributed by atoms with van der Waals surface area (Å²) in [6.07, 6.45) is 1.71. The van der Waals surface area contributed by atoms with E-state index < -0.39 is 0 Å². The van der Waals surface area contributed by atoms with E-state index >= 15 is 0 Å². The summed E-state index contributed by atoms with van der Waals surface area (Å²) in [6.45, 7) is 5.09. The Kier molecular flexibility index (Phi) is 5.16. The van der Waals surface area contributed by atoms with Gasteiger partial charge >= 0.3 is 0 Å². The van der Waals surface area contributed by atoms with E-state index in [0.29, 0.717) is 25.3 Å². The summed E-state index contributed by atoms with van der Waals surface area (Å²) in [5, 5.41) is 3.92.